The first kappa shape index (κ1) is 19.3. The van der Waals surface area contributed by atoms with Crippen LogP contribution in [0.15, 0.2) is 53.4 Å². The van der Waals surface area contributed by atoms with Gasteiger partial charge in [0, 0.05) is 22.4 Å². The maximum absolute atomic E-state index is 13.1. The maximum atomic E-state index is 13.1. The summed E-state index contributed by atoms with van der Waals surface area (Å²) in [5, 5.41) is 0.519. The van der Waals surface area contributed by atoms with Crippen LogP contribution in [-0.4, -0.2) is 50.4 Å². The van der Waals surface area contributed by atoms with Crippen molar-refractivity contribution in [2.24, 2.45) is 0 Å². The van der Waals surface area contributed by atoms with E-state index in [4.69, 9.17) is 0 Å². The van der Waals surface area contributed by atoms with Gasteiger partial charge in [0.05, 0.1) is 31.9 Å². The summed E-state index contributed by atoms with van der Waals surface area (Å²) >= 11 is 1.86. The van der Waals surface area contributed by atoms with E-state index in [1.54, 1.807) is 0 Å². The van der Waals surface area contributed by atoms with Crippen molar-refractivity contribution < 1.29 is 14.1 Å². The molecule has 0 bridgehead atoms. The third-order valence-corrected chi connectivity index (χ3v) is 6.85. The van der Waals surface area contributed by atoms with Gasteiger partial charge in [0.1, 0.15) is 5.82 Å². The van der Waals surface area contributed by atoms with Gasteiger partial charge >= 0.3 is 0 Å². The van der Waals surface area contributed by atoms with Crippen LogP contribution in [0.5, 0.6) is 0 Å². The normalized spacial score (nSPS) is 20.6. The van der Waals surface area contributed by atoms with Crippen LogP contribution in [0.3, 0.4) is 0 Å². The monoisotopic (exact) mass is 400 g/mol. The van der Waals surface area contributed by atoms with E-state index in [0.717, 1.165) is 50.5 Å². The predicted octanol–water partition coefficient (Wildman–Crippen LogP) is 2.45. The van der Waals surface area contributed by atoms with Crippen molar-refractivity contribution in [2.75, 3.05) is 49.1 Å². The van der Waals surface area contributed by atoms with Gasteiger partial charge in [0.15, 0.2) is 6.54 Å². The number of halogens is 1. The molecule has 0 radical (unpaired) electrons. The zero-order valence-corrected chi connectivity index (χ0v) is 17.1. The van der Waals surface area contributed by atoms with Crippen LogP contribution < -0.4 is 14.7 Å². The van der Waals surface area contributed by atoms with E-state index < -0.39 is 0 Å². The van der Waals surface area contributed by atoms with Gasteiger partial charge in [-0.05, 0) is 42.8 Å². The highest BCUT2D eigenvalue weighted by Gasteiger charge is 2.28. The number of piperazine rings is 1. The minimum atomic E-state index is -0.205. The lowest BCUT2D eigenvalue weighted by Gasteiger charge is -2.34. The molecule has 2 aromatic rings. The van der Waals surface area contributed by atoms with Gasteiger partial charge in [0.2, 0.25) is 0 Å². The number of fused-ring (bicyclic) bond motifs is 1. The van der Waals surface area contributed by atoms with Gasteiger partial charge in [-0.25, -0.2) is 4.39 Å². The van der Waals surface area contributed by atoms with Crippen molar-refractivity contribution in [3.63, 3.8) is 0 Å². The lowest BCUT2D eigenvalue weighted by Crippen LogP contribution is -3.16. The fourth-order valence-corrected chi connectivity index (χ4v) is 5.08. The number of thioether (sulfide) groups is 1. The summed E-state index contributed by atoms with van der Waals surface area (Å²) in [6.07, 6.45) is 1.01. The molecule has 148 valence electrons. The molecule has 0 unspecified atom stereocenters. The number of para-hydroxylation sites is 1. The Morgan fingerprint density at radius 1 is 1.11 bits per heavy atom. The van der Waals surface area contributed by atoms with Gasteiger partial charge in [-0.1, -0.05) is 19.1 Å². The Hall–Kier alpha value is -2.05. The molecule has 1 atom stereocenters. The SMILES string of the molecule is C[C@@H]1CCN(C(=O)C[NH+]2CCN(c3ccc(F)cc3)CC2)c2ccccc2S1. The van der Waals surface area contributed by atoms with E-state index in [1.807, 2.05) is 40.9 Å². The Morgan fingerprint density at radius 2 is 1.82 bits per heavy atom. The molecule has 2 aliphatic heterocycles. The lowest BCUT2D eigenvalue weighted by molar-refractivity contribution is -0.892. The summed E-state index contributed by atoms with van der Waals surface area (Å²) in [7, 11) is 0. The molecule has 6 heteroatoms. The van der Waals surface area contributed by atoms with Crippen LogP contribution in [0.4, 0.5) is 15.8 Å². The molecule has 1 amide bonds. The third kappa shape index (κ3) is 4.33. The largest absolute Gasteiger partial charge is 0.360 e. The standard InChI is InChI=1S/C22H26FN3OS/c1-17-10-11-26(20-4-2-3-5-21(20)28-17)22(27)16-24-12-14-25(15-13-24)19-8-6-18(23)7-9-19/h2-9,17H,10-16H2,1H3/p+1/t17-/m1/s1. The van der Waals surface area contributed by atoms with Crippen LogP contribution in [0, 0.1) is 5.82 Å². The predicted molar refractivity (Wildman–Crippen MR) is 113 cm³/mol. The lowest BCUT2D eigenvalue weighted by atomic mass is 10.2. The number of hydrogen-bond donors (Lipinski definition) is 1. The summed E-state index contributed by atoms with van der Waals surface area (Å²) in [5.41, 5.74) is 2.12. The molecule has 4 nitrogen and oxygen atoms in total. The Labute approximate surface area is 170 Å². The molecule has 28 heavy (non-hydrogen) atoms. The molecule has 1 fully saturated rings. The average molecular weight is 401 g/mol. The summed E-state index contributed by atoms with van der Waals surface area (Å²) in [6, 6.07) is 14.9. The Bertz CT molecular complexity index is 821. The molecular formula is C22H27FN3OS+. The molecular weight excluding hydrogens is 373 g/mol. The molecule has 0 aliphatic carbocycles. The van der Waals surface area contributed by atoms with Gasteiger partial charge in [-0.3, -0.25) is 4.79 Å². The van der Waals surface area contributed by atoms with Crippen LogP contribution in [0.25, 0.3) is 0 Å². The van der Waals surface area contributed by atoms with Gasteiger partial charge in [-0.15, -0.1) is 11.8 Å². The van der Waals surface area contributed by atoms with Crippen molar-refractivity contribution >= 4 is 29.0 Å². The van der Waals surface area contributed by atoms with E-state index in [0.29, 0.717) is 11.8 Å². The Balaban J connectivity index is 1.37. The minimum absolute atomic E-state index is 0.205. The van der Waals surface area contributed by atoms with Crippen LogP contribution in [-0.2, 0) is 4.79 Å². The highest BCUT2D eigenvalue weighted by atomic mass is 32.2. The maximum Gasteiger partial charge on any atom is 0.282 e. The van der Waals surface area contributed by atoms with Gasteiger partial charge in [-0.2, -0.15) is 0 Å². The Morgan fingerprint density at radius 3 is 2.57 bits per heavy atom. The number of amides is 1. The molecule has 2 heterocycles. The fourth-order valence-electron chi connectivity index (χ4n) is 3.97. The highest BCUT2D eigenvalue weighted by molar-refractivity contribution is 8.00. The number of quaternary nitrogens is 1. The molecule has 0 spiro atoms. The first-order valence-electron chi connectivity index (χ1n) is 10.0. The molecule has 0 aromatic heterocycles. The number of hydrogen-bond acceptors (Lipinski definition) is 3. The molecule has 0 saturated carbocycles. The number of nitrogens with one attached hydrogen (secondary N) is 1. The highest BCUT2D eigenvalue weighted by Crippen LogP contribution is 2.37. The van der Waals surface area contributed by atoms with E-state index in [9.17, 15) is 9.18 Å². The summed E-state index contributed by atoms with van der Waals surface area (Å²) in [4.78, 5) is 19.9. The first-order chi connectivity index (χ1) is 13.6. The van der Waals surface area contributed by atoms with E-state index in [2.05, 4.69) is 24.0 Å². The summed E-state index contributed by atoms with van der Waals surface area (Å²) in [5.74, 6) is 0.0104. The van der Waals surface area contributed by atoms with Crippen molar-refractivity contribution in [1.29, 1.82) is 0 Å². The smallest absolute Gasteiger partial charge is 0.282 e. The van der Waals surface area contributed by atoms with Crippen LogP contribution in [0.1, 0.15) is 13.3 Å². The average Bonchev–Trinajstić information content (AvgIpc) is 2.87. The fraction of sp³-hybridized carbons (Fsp3) is 0.409. The third-order valence-electron chi connectivity index (χ3n) is 5.61. The molecule has 1 saturated heterocycles. The van der Waals surface area contributed by atoms with E-state index in [1.165, 1.54) is 21.9 Å². The summed E-state index contributed by atoms with van der Waals surface area (Å²) < 4.78 is 13.1. The molecule has 1 N–H and O–H groups in total. The van der Waals surface area contributed by atoms with Gasteiger partial charge in [0.25, 0.3) is 5.91 Å². The van der Waals surface area contributed by atoms with Crippen LogP contribution >= 0.6 is 11.8 Å². The first-order valence-corrected chi connectivity index (χ1v) is 10.9. The van der Waals surface area contributed by atoms with E-state index >= 15 is 0 Å². The van der Waals surface area contributed by atoms with Crippen molar-refractivity contribution in [2.45, 2.75) is 23.5 Å². The number of anilines is 2. The second-order valence-electron chi connectivity index (χ2n) is 7.62. The quantitative estimate of drug-likeness (QED) is 0.858. The number of nitrogens with zero attached hydrogens (tertiary/aromatic N) is 2. The number of rotatable bonds is 3. The van der Waals surface area contributed by atoms with Crippen molar-refractivity contribution in [3.05, 3.63) is 54.3 Å². The Kier molecular flexibility index (Phi) is 5.87. The zero-order chi connectivity index (χ0) is 19.5. The number of benzene rings is 2. The van der Waals surface area contributed by atoms with Crippen LogP contribution in [0.2, 0.25) is 0 Å². The van der Waals surface area contributed by atoms with E-state index in [-0.39, 0.29) is 11.7 Å². The molecule has 2 aromatic carbocycles. The number of carbonyl (C=O) groups is 1. The molecule has 2 aliphatic rings. The number of carbonyl (C=O) groups excluding carboxylic acids is 1. The van der Waals surface area contributed by atoms with Crippen molar-refractivity contribution in [1.82, 2.24) is 0 Å². The van der Waals surface area contributed by atoms with Gasteiger partial charge < -0.3 is 14.7 Å². The minimum Gasteiger partial charge on any atom is -0.360 e. The van der Waals surface area contributed by atoms with Crippen molar-refractivity contribution in [3.8, 4) is 0 Å². The second-order valence-corrected chi connectivity index (χ2v) is 9.10. The summed E-state index contributed by atoms with van der Waals surface area (Å²) in [6.45, 7) is 7.17. The topological polar surface area (TPSA) is 28.0 Å². The molecule has 4 rings (SSSR count). The zero-order valence-electron chi connectivity index (χ0n) is 16.2. The second kappa shape index (κ2) is 8.53.